The summed E-state index contributed by atoms with van der Waals surface area (Å²) in [5.74, 6) is 0.347. The summed E-state index contributed by atoms with van der Waals surface area (Å²) in [5.41, 5.74) is 0.778. The second-order valence-electron chi connectivity index (χ2n) is 6.72. The van der Waals surface area contributed by atoms with E-state index < -0.39 is 0 Å². The lowest BCUT2D eigenvalue weighted by atomic mass is 9.79. The molecule has 0 saturated carbocycles. The van der Waals surface area contributed by atoms with Crippen molar-refractivity contribution < 1.29 is 14.3 Å². The van der Waals surface area contributed by atoms with Crippen LogP contribution in [0.4, 0.5) is 0 Å². The number of allylic oxidation sites excluding steroid dienone is 1. The molecule has 2 saturated heterocycles. The largest absolute Gasteiger partial charge is 0.383 e. The van der Waals surface area contributed by atoms with Gasteiger partial charge in [0.15, 0.2) is 0 Å². The van der Waals surface area contributed by atoms with Crippen molar-refractivity contribution >= 4 is 11.8 Å². The highest BCUT2D eigenvalue weighted by Gasteiger charge is 2.46. The van der Waals surface area contributed by atoms with Crippen molar-refractivity contribution in [3.05, 3.63) is 11.6 Å². The first-order valence-electron chi connectivity index (χ1n) is 8.21. The molecule has 0 unspecified atom stereocenters. The Morgan fingerprint density at radius 2 is 1.95 bits per heavy atom. The smallest absolute Gasteiger partial charge is 0.246 e. The van der Waals surface area contributed by atoms with Gasteiger partial charge in [-0.05, 0) is 39.5 Å². The van der Waals surface area contributed by atoms with Gasteiger partial charge in [-0.2, -0.15) is 0 Å². The van der Waals surface area contributed by atoms with E-state index in [1.54, 1.807) is 13.2 Å². The number of hydrogen-bond donors (Lipinski definition) is 0. The number of nitrogens with zero attached hydrogens (tertiary/aromatic N) is 2. The highest BCUT2D eigenvalue weighted by molar-refractivity contribution is 5.88. The molecular formula is C17H28N2O3. The Bertz CT molecular complexity index is 457. The first-order valence-corrected chi connectivity index (χ1v) is 8.21. The van der Waals surface area contributed by atoms with E-state index in [-0.39, 0.29) is 17.2 Å². The van der Waals surface area contributed by atoms with Gasteiger partial charge in [-0.3, -0.25) is 9.59 Å². The Morgan fingerprint density at radius 3 is 2.64 bits per heavy atom. The zero-order chi connectivity index (χ0) is 16.2. The van der Waals surface area contributed by atoms with Crippen LogP contribution in [0.3, 0.4) is 0 Å². The summed E-state index contributed by atoms with van der Waals surface area (Å²) in [4.78, 5) is 28.8. The minimum Gasteiger partial charge on any atom is -0.383 e. The highest BCUT2D eigenvalue weighted by atomic mass is 16.5. The molecule has 0 radical (unpaired) electrons. The van der Waals surface area contributed by atoms with Gasteiger partial charge in [0.05, 0.1) is 12.0 Å². The molecule has 0 bridgehead atoms. The van der Waals surface area contributed by atoms with Gasteiger partial charge in [0.1, 0.15) is 0 Å². The Morgan fingerprint density at radius 1 is 1.23 bits per heavy atom. The van der Waals surface area contributed by atoms with Crippen LogP contribution in [0.5, 0.6) is 0 Å². The number of carbonyl (C=O) groups is 2. The minimum absolute atomic E-state index is 0.0822. The van der Waals surface area contributed by atoms with E-state index in [2.05, 4.69) is 0 Å². The zero-order valence-corrected chi connectivity index (χ0v) is 14.1. The minimum atomic E-state index is -0.242. The lowest BCUT2D eigenvalue weighted by molar-refractivity contribution is -0.137. The maximum absolute atomic E-state index is 12.8. The fourth-order valence-electron chi connectivity index (χ4n) is 3.52. The molecule has 2 fully saturated rings. The number of carbonyl (C=O) groups excluding carboxylic acids is 2. The zero-order valence-electron chi connectivity index (χ0n) is 14.1. The summed E-state index contributed by atoms with van der Waals surface area (Å²) in [7, 11) is 1.66. The fraction of sp³-hybridized carbons (Fsp3) is 0.765. The SMILES string of the molecule is COCCN1CC[C@]2(CCCN(C(=O)C=C(C)C)CC2)C1=O. The number of amides is 2. The molecule has 0 aromatic rings. The second kappa shape index (κ2) is 7.27. The van der Waals surface area contributed by atoms with Gasteiger partial charge in [-0.25, -0.2) is 0 Å². The second-order valence-corrected chi connectivity index (χ2v) is 6.72. The first kappa shape index (κ1) is 17.0. The van der Waals surface area contributed by atoms with Crippen molar-refractivity contribution in [1.82, 2.24) is 9.80 Å². The Balaban J connectivity index is 1.99. The molecule has 2 heterocycles. The third-order valence-electron chi connectivity index (χ3n) is 4.83. The highest BCUT2D eigenvalue weighted by Crippen LogP contribution is 2.41. The normalized spacial score (nSPS) is 25.5. The van der Waals surface area contributed by atoms with E-state index in [4.69, 9.17) is 4.74 Å². The summed E-state index contributed by atoms with van der Waals surface area (Å²) in [6, 6.07) is 0. The monoisotopic (exact) mass is 308 g/mol. The van der Waals surface area contributed by atoms with Crippen LogP contribution in [0, 0.1) is 5.41 Å². The molecule has 1 spiro atoms. The van der Waals surface area contributed by atoms with Crippen molar-refractivity contribution in [1.29, 1.82) is 0 Å². The molecule has 2 rings (SSSR count). The van der Waals surface area contributed by atoms with Gasteiger partial charge >= 0.3 is 0 Å². The van der Waals surface area contributed by atoms with Crippen molar-refractivity contribution in [2.24, 2.45) is 5.41 Å². The summed E-state index contributed by atoms with van der Waals surface area (Å²) in [5, 5.41) is 0. The van der Waals surface area contributed by atoms with Crippen molar-refractivity contribution in [3.63, 3.8) is 0 Å². The molecule has 5 heteroatoms. The molecule has 2 amide bonds. The topological polar surface area (TPSA) is 49.9 Å². The van der Waals surface area contributed by atoms with E-state index in [9.17, 15) is 9.59 Å². The van der Waals surface area contributed by atoms with Crippen LogP contribution < -0.4 is 0 Å². The van der Waals surface area contributed by atoms with E-state index in [1.165, 1.54) is 0 Å². The lowest BCUT2D eigenvalue weighted by Gasteiger charge is -2.26. The standard InChI is InChI=1S/C17H28N2O3/c1-14(2)13-15(20)18-8-4-5-17(6-9-18)7-10-19(16(17)21)11-12-22-3/h13H,4-12H2,1-3H3/t17-/m1/s1. The van der Waals surface area contributed by atoms with Gasteiger partial charge in [0.2, 0.25) is 11.8 Å². The van der Waals surface area contributed by atoms with E-state index in [0.29, 0.717) is 19.7 Å². The molecule has 5 nitrogen and oxygen atoms in total. The third-order valence-corrected chi connectivity index (χ3v) is 4.83. The maximum Gasteiger partial charge on any atom is 0.246 e. The molecule has 0 aliphatic carbocycles. The molecule has 2 aliphatic heterocycles. The number of methoxy groups -OCH3 is 1. The predicted molar refractivity (Wildman–Crippen MR) is 85.4 cm³/mol. The van der Waals surface area contributed by atoms with Crippen LogP contribution in [-0.2, 0) is 14.3 Å². The molecule has 0 aromatic heterocycles. The van der Waals surface area contributed by atoms with Crippen LogP contribution in [-0.4, -0.2) is 61.5 Å². The van der Waals surface area contributed by atoms with Crippen LogP contribution in [0.1, 0.15) is 39.5 Å². The molecule has 2 aliphatic rings. The van der Waals surface area contributed by atoms with Crippen LogP contribution in [0.15, 0.2) is 11.6 Å². The molecular weight excluding hydrogens is 280 g/mol. The lowest BCUT2D eigenvalue weighted by Crippen LogP contribution is -2.37. The van der Waals surface area contributed by atoms with Gasteiger partial charge in [-0.15, -0.1) is 0 Å². The molecule has 124 valence electrons. The average molecular weight is 308 g/mol. The molecule has 0 aromatic carbocycles. The summed E-state index contributed by atoms with van der Waals surface area (Å²) >= 11 is 0. The van der Waals surface area contributed by atoms with Gasteiger partial charge < -0.3 is 14.5 Å². The van der Waals surface area contributed by atoms with Gasteiger partial charge in [0, 0.05) is 39.4 Å². The third kappa shape index (κ3) is 3.69. The maximum atomic E-state index is 12.8. The first-order chi connectivity index (χ1) is 10.5. The quantitative estimate of drug-likeness (QED) is 0.745. The van der Waals surface area contributed by atoms with E-state index in [1.807, 2.05) is 23.6 Å². The van der Waals surface area contributed by atoms with Crippen molar-refractivity contribution in [3.8, 4) is 0 Å². The molecule has 0 N–H and O–H groups in total. The van der Waals surface area contributed by atoms with Gasteiger partial charge in [-0.1, -0.05) is 5.57 Å². The number of rotatable bonds is 4. The van der Waals surface area contributed by atoms with Crippen molar-refractivity contribution in [2.45, 2.75) is 39.5 Å². The Hall–Kier alpha value is -1.36. The summed E-state index contributed by atoms with van der Waals surface area (Å²) < 4.78 is 5.08. The number of hydrogen-bond acceptors (Lipinski definition) is 3. The molecule has 1 atom stereocenters. The summed E-state index contributed by atoms with van der Waals surface area (Å²) in [6.07, 6.45) is 5.21. The molecule has 22 heavy (non-hydrogen) atoms. The van der Waals surface area contributed by atoms with Crippen LogP contribution in [0.25, 0.3) is 0 Å². The van der Waals surface area contributed by atoms with E-state index >= 15 is 0 Å². The van der Waals surface area contributed by atoms with Crippen molar-refractivity contribution in [2.75, 3.05) is 39.9 Å². The van der Waals surface area contributed by atoms with Crippen LogP contribution >= 0.6 is 0 Å². The Labute approximate surface area is 133 Å². The number of ether oxygens (including phenoxy) is 1. The average Bonchev–Trinajstić information content (AvgIpc) is 2.64. The van der Waals surface area contributed by atoms with Crippen LogP contribution in [0.2, 0.25) is 0 Å². The number of likely N-dealkylation sites (tertiary alicyclic amines) is 2. The van der Waals surface area contributed by atoms with E-state index in [0.717, 1.165) is 44.3 Å². The predicted octanol–water partition coefficient (Wildman–Crippen LogP) is 1.83. The summed E-state index contributed by atoms with van der Waals surface area (Å²) in [6.45, 7) is 7.41. The Kier molecular flexibility index (Phi) is 5.62. The van der Waals surface area contributed by atoms with Gasteiger partial charge in [0.25, 0.3) is 0 Å². The fourth-order valence-corrected chi connectivity index (χ4v) is 3.52.